The Morgan fingerprint density at radius 2 is 2.05 bits per heavy atom. The molecule has 0 spiro atoms. The van der Waals surface area contributed by atoms with E-state index in [0.717, 1.165) is 14.4 Å². The molecule has 0 aliphatic rings. The lowest BCUT2D eigenvalue weighted by Gasteiger charge is -2.28. The summed E-state index contributed by atoms with van der Waals surface area (Å²) >= 11 is 4.50. The number of nitrogens with zero attached hydrogens (tertiary/aromatic N) is 3. The maximum atomic E-state index is 12.2. The highest BCUT2D eigenvalue weighted by Gasteiger charge is 2.32. The van der Waals surface area contributed by atoms with Crippen molar-refractivity contribution in [2.75, 3.05) is 5.75 Å². The van der Waals surface area contributed by atoms with Crippen molar-refractivity contribution in [2.24, 2.45) is 5.92 Å². The second-order valence-electron chi connectivity index (χ2n) is 4.99. The van der Waals surface area contributed by atoms with E-state index in [-0.39, 0.29) is 17.1 Å². The zero-order valence-electron chi connectivity index (χ0n) is 12.8. The van der Waals surface area contributed by atoms with Crippen LogP contribution >= 0.6 is 34.9 Å². The van der Waals surface area contributed by atoms with E-state index in [1.54, 1.807) is 18.7 Å². The summed E-state index contributed by atoms with van der Waals surface area (Å²) in [5.74, 6) is 0.833. The van der Waals surface area contributed by atoms with E-state index in [1.165, 1.54) is 23.1 Å². The molecule has 1 rings (SSSR count). The zero-order chi connectivity index (χ0) is 16.0. The summed E-state index contributed by atoms with van der Waals surface area (Å²) in [5.41, 5.74) is -0.851. The summed E-state index contributed by atoms with van der Waals surface area (Å²) in [6.07, 6.45) is 0. The third kappa shape index (κ3) is 5.16. The Labute approximate surface area is 138 Å². The van der Waals surface area contributed by atoms with Crippen LogP contribution in [0.1, 0.15) is 34.6 Å². The van der Waals surface area contributed by atoms with E-state index in [1.807, 2.05) is 20.8 Å². The number of thioether (sulfide) groups is 2. The van der Waals surface area contributed by atoms with Gasteiger partial charge in [0.25, 0.3) is 0 Å². The number of nitriles is 1. The lowest BCUT2D eigenvalue weighted by Crippen LogP contribution is -2.51. The predicted molar refractivity (Wildman–Crippen MR) is 88.6 cm³/mol. The van der Waals surface area contributed by atoms with Gasteiger partial charge in [0, 0.05) is 0 Å². The largest absolute Gasteiger partial charge is 0.337 e. The molecule has 1 amide bonds. The molecule has 1 aromatic rings. The molecule has 0 bridgehead atoms. The van der Waals surface area contributed by atoms with Crippen LogP contribution in [0.15, 0.2) is 8.68 Å². The lowest BCUT2D eigenvalue weighted by atomic mass is 9.90. The Bertz CT molecular complexity index is 526. The number of aromatic nitrogens is 2. The van der Waals surface area contributed by atoms with Crippen molar-refractivity contribution < 1.29 is 4.79 Å². The van der Waals surface area contributed by atoms with Crippen molar-refractivity contribution in [3.8, 4) is 6.07 Å². The average molecular weight is 345 g/mol. The molecule has 0 saturated carbocycles. The van der Waals surface area contributed by atoms with E-state index in [9.17, 15) is 10.1 Å². The maximum Gasteiger partial charge on any atom is 0.234 e. The molecule has 1 heterocycles. The smallest absolute Gasteiger partial charge is 0.234 e. The van der Waals surface area contributed by atoms with Crippen LogP contribution in [0.2, 0.25) is 0 Å². The maximum absolute atomic E-state index is 12.2. The van der Waals surface area contributed by atoms with Gasteiger partial charge in [-0.25, -0.2) is 0 Å². The summed E-state index contributed by atoms with van der Waals surface area (Å²) in [4.78, 5) is 12.2. The molecule has 0 aliphatic carbocycles. The quantitative estimate of drug-likeness (QED) is 0.765. The van der Waals surface area contributed by atoms with Gasteiger partial charge in [-0.2, -0.15) is 5.26 Å². The minimum atomic E-state index is -0.851. The van der Waals surface area contributed by atoms with E-state index < -0.39 is 5.54 Å². The van der Waals surface area contributed by atoms with E-state index in [4.69, 9.17) is 0 Å². The zero-order valence-corrected chi connectivity index (χ0v) is 15.3. The first-order chi connectivity index (χ1) is 9.82. The second kappa shape index (κ2) is 8.01. The molecule has 116 valence electrons. The van der Waals surface area contributed by atoms with Crippen LogP contribution in [0.4, 0.5) is 0 Å². The minimum absolute atomic E-state index is 0.0396. The highest BCUT2D eigenvalue weighted by Crippen LogP contribution is 2.31. The van der Waals surface area contributed by atoms with Gasteiger partial charge in [-0.1, -0.05) is 55.6 Å². The first-order valence-electron chi connectivity index (χ1n) is 6.68. The van der Waals surface area contributed by atoms with Crippen molar-refractivity contribution in [3.63, 3.8) is 0 Å². The van der Waals surface area contributed by atoms with Gasteiger partial charge < -0.3 is 5.32 Å². The molecular weight excluding hydrogens is 324 g/mol. The molecule has 1 aromatic heterocycles. The second-order valence-corrected chi connectivity index (χ2v) is 9.06. The third-order valence-electron chi connectivity index (χ3n) is 3.07. The van der Waals surface area contributed by atoms with Gasteiger partial charge >= 0.3 is 0 Å². The van der Waals surface area contributed by atoms with Gasteiger partial charge in [0.1, 0.15) is 5.54 Å². The van der Waals surface area contributed by atoms with Gasteiger partial charge in [0.05, 0.1) is 11.3 Å². The van der Waals surface area contributed by atoms with Gasteiger partial charge in [-0.15, -0.1) is 10.2 Å². The summed E-state index contributed by atoms with van der Waals surface area (Å²) in [5, 5.41) is 19.9. The van der Waals surface area contributed by atoms with E-state index in [2.05, 4.69) is 28.5 Å². The summed E-state index contributed by atoms with van der Waals surface area (Å²) < 4.78 is 1.69. The van der Waals surface area contributed by atoms with Gasteiger partial charge in [0.15, 0.2) is 8.68 Å². The fourth-order valence-electron chi connectivity index (χ4n) is 1.29. The molecular formula is C13H20N4OS3. The van der Waals surface area contributed by atoms with Crippen LogP contribution in [-0.2, 0) is 4.79 Å². The standard InChI is InChI=1S/C13H20N4OS3/c1-6-19-11-16-17-12(21-11)20-9(4)10(18)15-13(5,7-14)8(2)3/h8-9H,6H2,1-5H3,(H,15,18)/t9-,13+/m1/s1. The third-order valence-corrected chi connectivity index (χ3v) is 6.20. The van der Waals surface area contributed by atoms with E-state index >= 15 is 0 Å². The number of amides is 1. The fourth-order valence-corrected chi connectivity index (χ4v) is 4.35. The number of hydrogen-bond acceptors (Lipinski definition) is 7. The average Bonchev–Trinajstić information content (AvgIpc) is 2.86. The Kier molecular flexibility index (Phi) is 6.97. The van der Waals surface area contributed by atoms with Crippen LogP contribution in [0.3, 0.4) is 0 Å². The first-order valence-corrected chi connectivity index (χ1v) is 9.36. The predicted octanol–water partition coefficient (Wildman–Crippen LogP) is 3.19. The molecule has 0 radical (unpaired) electrons. The monoisotopic (exact) mass is 344 g/mol. The lowest BCUT2D eigenvalue weighted by molar-refractivity contribution is -0.121. The number of rotatable bonds is 7. The van der Waals surface area contributed by atoms with Crippen LogP contribution < -0.4 is 5.32 Å². The summed E-state index contributed by atoms with van der Waals surface area (Å²) in [6.45, 7) is 9.45. The number of carbonyl (C=O) groups is 1. The molecule has 0 saturated heterocycles. The van der Waals surface area contributed by atoms with Crippen LogP contribution in [-0.4, -0.2) is 32.6 Å². The van der Waals surface area contributed by atoms with Gasteiger partial charge in [-0.3, -0.25) is 4.79 Å². The highest BCUT2D eigenvalue weighted by molar-refractivity contribution is 8.03. The fraction of sp³-hybridized carbons (Fsp3) is 0.692. The Morgan fingerprint density at radius 3 is 2.57 bits per heavy atom. The SMILES string of the molecule is CCSc1nnc(S[C@H](C)C(=O)N[C@@](C)(C#N)C(C)C)s1. The summed E-state index contributed by atoms with van der Waals surface area (Å²) in [7, 11) is 0. The van der Waals surface area contributed by atoms with Crippen LogP contribution in [0.25, 0.3) is 0 Å². The van der Waals surface area contributed by atoms with Crippen molar-refractivity contribution >= 4 is 40.8 Å². The van der Waals surface area contributed by atoms with Gasteiger partial charge in [-0.05, 0) is 25.5 Å². The van der Waals surface area contributed by atoms with Crippen molar-refractivity contribution in [2.45, 2.75) is 54.1 Å². The van der Waals surface area contributed by atoms with Gasteiger partial charge in [0.2, 0.25) is 5.91 Å². The molecule has 5 nitrogen and oxygen atoms in total. The minimum Gasteiger partial charge on any atom is -0.337 e. The molecule has 2 atom stereocenters. The Morgan fingerprint density at radius 1 is 1.43 bits per heavy atom. The van der Waals surface area contributed by atoms with Crippen LogP contribution in [0, 0.1) is 17.2 Å². The first kappa shape index (κ1) is 18.3. The molecule has 0 aliphatic heterocycles. The van der Waals surface area contributed by atoms with E-state index in [0.29, 0.717) is 0 Å². The number of hydrogen-bond donors (Lipinski definition) is 1. The number of carbonyl (C=O) groups excluding carboxylic acids is 1. The number of nitrogens with one attached hydrogen (secondary N) is 1. The van der Waals surface area contributed by atoms with Crippen molar-refractivity contribution in [3.05, 3.63) is 0 Å². The molecule has 0 aromatic carbocycles. The molecule has 8 heteroatoms. The molecule has 1 N–H and O–H groups in total. The highest BCUT2D eigenvalue weighted by atomic mass is 32.2. The Hall–Kier alpha value is -0.780. The van der Waals surface area contributed by atoms with Crippen LogP contribution in [0.5, 0.6) is 0 Å². The Balaban J connectivity index is 2.64. The topological polar surface area (TPSA) is 78.7 Å². The molecule has 21 heavy (non-hydrogen) atoms. The van der Waals surface area contributed by atoms with Crippen molar-refractivity contribution in [1.29, 1.82) is 5.26 Å². The normalized spacial score (nSPS) is 15.3. The van der Waals surface area contributed by atoms with Crippen molar-refractivity contribution in [1.82, 2.24) is 15.5 Å². The molecule has 0 fully saturated rings. The molecule has 0 unspecified atom stereocenters. The summed E-state index contributed by atoms with van der Waals surface area (Å²) in [6, 6.07) is 2.18.